The van der Waals surface area contributed by atoms with Gasteiger partial charge in [-0.1, -0.05) is 18.2 Å². The fraction of sp³-hybridized carbons (Fsp3) is 0.357. The SMILES string of the molecule is O=C(CNC(=O)c1ccccc1)NC1CNC1.O=C(O)C(F)(F)F. The summed E-state index contributed by atoms with van der Waals surface area (Å²) in [6.45, 7) is 1.63. The molecule has 132 valence electrons. The number of aliphatic carboxylic acids is 1. The van der Waals surface area contributed by atoms with Crippen LogP contribution in [0, 0.1) is 0 Å². The van der Waals surface area contributed by atoms with Crippen molar-refractivity contribution in [1.29, 1.82) is 0 Å². The summed E-state index contributed by atoms with van der Waals surface area (Å²) in [6, 6.07) is 9.04. The van der Waals surface area contributed by atoms with Crippen molar-refractivity contribution in [3.05, 3.63) is 35.9 Å². The highest BCUT2D eigenvalue weighted by atomic mass is 19.4. The predicted molar refractivity (Wildman–Crippen MR) is 77.3 cm³/mol. The first kappa shape index (κ1) is 19.4. The van der Waals surface area contributed by atoms with Gasteiger partial charge in [-0.05, 0) is 12.1 Å². The number of amides is 2. The van der Waals surface area contributed by atoms with Crippen LogP contribution in [-0.4, -0.2) is 54.7 Å². The number of nitrogens with one attached hydrogen (secondary N) is 3. The van der Waals surface area contributed by atoms with E-state index in [4.69, 9.17) is 9.90 Å². The average molecular weight is 347 g/mol. The number of alkyl halides is 3. The van der Waals surface area contributed by atoms with E-state index in [1.807, 2.05) is 6.07 Å². The highest BCUT2D eigenvalue weighted by Gasteiger charge is 2.38. The van der Waals surface area contributed by atoms with Gasteiger partial charge in [-0.2, -0.15) is 13.2 Å². The van der Waals surface area contributed by atoms with Crippen LogP contribution in [0.15, 0.2) is 30.3 Å². The van der Waals surface area contributed by atoms with Crippen LogP contribution in [0.5, 0.6) is 0 Å². The molecular formula is C14H16F3N3O4. The number of halogens is 3. The smallest absolute Gasteiger partial charge is 0.475 e. The van der Waals surface area contributed by atoms with E-state index in [2.05, 4.69) is 16.0 Å². The molecule has 0 aromatic heterocycles. The summed E-state index contributed by atoms with van der Waals surface area (Å²) in [7, 11) is 0. The van der Waals surface area contributed by atoms with Crippen molar-refractivity contribution >= 4 is 17.8 Å². The molecule has 1 aliphatic rings. The van der Waals surface area contributed by atoms with Crippen molar-refractivity contribution in [2.45, 2.75) is 12.2 Å². The van der Waals surface area contributed by atoms with Gasteiger partial charge in [0.15, 0.2) is 0 Å². The molecule has 4 N–H and O–H groups in total. The molecule has 1 saturated heterocycles. The Morgan fingerprint density at radius 2 is 1.71 bits per heavy atom. The van der Waals surface area contributed by atoms with Gasteiger partial charge in [0, 0.05) is 18.7 Å². The number of carbonyl (C=O) groups is 3. The van der Waals surface area contributed by atoms with E-state index in [1.165, 1.54) is 0 Å². The summed E-state index contributed by atoms with van der Waals surface area (Å²) in [5.74, 6) is -3.14. The Balaban J connectivity index is 0.000000351. The number of benzene rings is 1. The van der Waals surface area contributed by atoms with E-state index in [1.54, 1.807) is 24.3 Å². The van der Waals surface area contributed by atoms with Crippen LogP contribution in [0.1, 0.15) is 10.4 Å². The third-order valence-corrected chi connectivity index (χ3v) is 2.83. The molecule has 10 heteroatoms. The van der Waals surface area contributed by atoms with Gasteiger partial charge >= 0.3 is 12.1 Å². The molecule has 1 heterocycles. The van der Waals surface area contributed by atoms with Crippen molar-refractivity contribution in [3.63, 3.8) is 0 Å². The van der Waals surface area contributed by atoms with Gasteiger partial charge in [-0.15, -0.1) is 0 Å². The van der Waals surface area contributed by atoms with Gasteiger partial charge in [-0.25, -0.2) is 4.79 Å². The van der Waals surface area contributed by atoms with E-state index in [0.717, 1.165) is 13.1 Å². The number of hydrogen-bond donors (Lipinski definition) is 4. The van der Waals surface area contributed by atoms with E-state index in [-0.39, 0.29) is 24.4 Å². The van der Waals surface area contributed by atoms with Gasteiger partial charge in [0.2, 0.25) is 5.91 Å². The molecule has 0 saturated carbocycles. The second-order valence-corrected chi connectivity index (χ2v) is 4.77. The molecular weight excluding hydrogens is 331 g/mol. The summed E-state index contributed by atoms with van der Waals surface area (Å²) in [4.78, 5) is 31.9. The Bertz CT molecular complexity index is 574. The zero-order chi connectivity index (χ0) is 18.2. The molecule has 0 unspecified atom stereocenters. The summed E-state index contributed by atoms with van der Waals surface area (Å²) in [5.41, 5.74) is 0.561. The molecule has 1 aromatic rings. The maximum absolute atomic E-state index is 11.6. The van der Waals surface area contributed by atoms with Crippen LogP contribution in [0.2, 0.25) is 0 Å². The number of carboxylic acids is 1. The average Bonchev–Trinajstić information content (AvgIpc) is 2.49. The van der Waals surface area contributed by atoms with Gasteiger partial charge in [0.05, 0.1) is 12.6 Å². The molecule has 24 heavy (non-hydrogen) atoms. The predicted octanol–water partition coefficient (Wildman–Crippen LogP) is 0.138. The van der Waals surface area contributed by atoms with Crippen molar-refractivity contribution < 1.29 is 32.7 Å². The fourth-order valence-electron chi connectivity index (χ4n) is 1.52. The minimum atomic E-state index is -5.08. The minimum absolute atomic E-state index is 0.0181. The zero-order valence-corrected chi connectivity index (χ0v) is 12.4. The van der Waals surface area contributed by atoms with Gasteiger partial charge in [0.25, 0.3) is 5.91 Å². The lowest BCUT2D eigenvalue weighted by atomic mass is 10.2. The fourth-order valence-corrected chi connectivity index (χ4v) is 1.52. The third kappa shape index (κ3) is 7.09. The molecule has 1 aromatic carbocycles. The molecule has 0 aliphatic carbocycles. The van der Waals surface area contributed by atoms with E-state index >= 15 is 0 Å². The topological polar surface area (TPSA) is 108 Å². The van der Waals surface area contributed by atoms with E-state index in [0.29, 0.717) is 5.56 Å². The molecule has 0 spiro atoms. The monoisotopic (exact) mass is 347 g/mol. The molecule has 0 atom stereocenters. The maximum Gasteiger partial charge on any atom is 0.490 e. The normalized spacial score (nSPS) is 13.8. The van der Waals surface area contributed by atoms with Crippen LogP contribution < -0.4 is 16.0 Å². The van der Waals surface area contributed by atoms with Crippen LogP contribution in [0.3, 0.4) is 0 Å². The number of carboxylic acid groups (broad SMARTS) is 1. The second-order valence-electron chi connectivity index (χ2n) is 4.77. The lowest BCUT2D eigenvalue weighted by molar-refractivity contribution is -0.192. The Morgan fingerprint density at radius 1 is 1.17 bits per heavy atom. The third-order valence-electron chi connectivity index (χ3n) is 2.83. The van der Waals surface area contributed by atoms with Crippen LogP contribution in [0.4, 0.5) is 13.2 Å². The van der Waals surface area contributed by atoms with Crippen molar-refractivity contribution in [2.24, 2.45) is 0 Å². The van der Waals surface area contributed by atoms with Crippen molar-refractivity contribution in [2.75, 3.05) is 19.6 Å². The standard InChI is InChI=1S/C12H15N3O2.C2HF3O2/c16-11(15-10-6-13-7-10)8-14-12(17)9-4-2-1-3-5-9;3-2(4,5)1(6)7/h1-5,10,13H,6-8H2,(H,14,17)(H,15,16);(H,6,7). The molecule has 2 amide bonds. The Hall–Kier alpha value is -2.62. The van der Waals surface area contributed by atoms with Crippen LogP contribution >= 0.6 is 0 Å². The quantitative estimate of drug-likeness (QED) is 0.620. The molecule has 7 nitrogen and oxygen atoms in total. The van der Waals surface area contributed by atoms with Crippen LogP contribution in [0.25, 0.3) is 0 Å². The summed E-state index contributed by atoms with van der Waals surface area (Å²) in [5, 5.41) is 15.6. The van der Waals surface area contributed by atoms with E-state index < -0.39 is 12.1 Å². The molecule has 1 fully saturated rings. The van der Waals surface area contributed by atoms with Crippen molar-refractivity contribution in [1.82, 2.24) is 16.0 Å². The first-order chi connectivity index (χ1) is 11.2. The maximum atomic E-state index is 11.6. The van der Waals surface area contributed by atoms with Gasteiger partial charge < -0.3 is 21.1 Å². The second kappa shape index (κ2) is 8.87. The summed E-state index contributed by atoms with van der Waals surface area (Å²) < 4.78 is 31.7. The minimum Gasteiger partial charge on any atom is -0.475 e. The highest BCUT2D eigenvalue weighted by molar-refractivity contribution is 5.96. The van der Waals surface area contributed by atoms with Crippen LogP contribution in [-0.2, 0) is 9.59 Å². The summed E-state index contributed by atoms with van der Waals surface area (Å²) >= 11 is 0. The number of rotatable bonds is 4. The highest BCUT2D eigenvalue weighted by Crippen LogP contribution is 2.13. The lowest BCUT2D eigenvalue weighted by Crippen LogP contribution is -2.58. The van der Waals surface area contributed by atoms with Gasteiger partial charge in [-0.3, -0.25) is 9.59 Å². The Labute approximate surface area is 135 Å². The lowest BCUT2D eigenvalue weighted by Gasteiger charge is -2.27. The molecule has 0 bridgehead atoms. The summed E-state index contributed by atoms with van der Waals surface area (Å²) in [6.07, 6.45) is -5.08. The van der Waals surface area contributed by atoms with Crippen molar-refractivity contribution in [3.8, 4) is 0 Å². The Morgan fingerprint density at radius 3 is 2.12 bits per heavy atom. The molecule has 1 aliphatic heterocycles. The molecule has 0 radical (unpaired) electrons. The Kier molecular flexibility index (Phi) is 7.18. The molecule has 2 rings (SSSR count). The first-order valence-corrected chi connectivity index (χ1v) is 6.83. The van der Waals surface area contributed by atoms with Gasteiger partial charge in [0.1, 0.15) is 0 Å². The number of hydrogen-bond acceptors (Lipinski definition) is 4. The number of carbonyl (C=O) groups excluding carboxylic acids is 2. The largest absolute Gasteiger partial charge is 0.490 e. The first-order valence-electron chi connectivity index (χ1n) is 6.83. The van der Waals surface area contributed by atoms with E-state index in [9.17, 15) is 22.8 Å². The zero-order valence-electron chi connectivity index (χ0n) is 12.4.